The monoisotopic (exact) mass is 315 g/mol. The van der Waals surface area contributed by atoms with Gasteiger partial charge in [0.05, 0.1) is 0 Å². The number of anilines is 1. The van der Waals surface area contributed by atoms with Gasteiger partial charge in [-0.05, 0) is 61.6 Å². The van der Waals surface area contributed by atoms with Gasteiger partial charge in [-0.15, -0.1) is 11.3 Å². The maximum absolute atomic E-state index is 11.9. The molecule has 0 radical (unpaired) electrons. The molecule has 0 unspecified atom stereocenters. The van der Waals surface area contributed by atoms with E-state index in [2.05, 4.69) is 11.4 Å². The second-order valence-electron chi connectivity index (χ2n) is 5.37. The molecule has 1 aliphatic carbocycles. The van der Waals surface area contributed by atoms with Crippen LogP contribution in [0, 0.1) is 6.92 Å². The molecule has 1 heterocycles. The lowest BCUT2D eigenvalue weighted by molar-refractivity contribution is -0.119. The van der Waals surface area contributed by atoms with Crippen molar-refractivity contribution in [3.05, 3.63) is 51.2 Å². The Kier molecular flexibility index (Phi) is 4.24. The smallest absolute Gasteiger partial charge is 0.348 e. The van der Waals surface area contributed by atoms with Crippen LogP contribution in [0.1, 0.15) is 32.1 Å². The highest BCUT2D eigenvalue weighted by atomic mass is 32.1. The van der Waals surface area contributed by atoms with Crippen LogP contribution in [-0.2, 0) is 22.4 Å². The molecule has 0 fully saturated rings. The fourth-order valence-electron chi connectivity index (χ4n) is 2.59. The van der Waals surface area contributed by atoms with E-state index >= 15 is 0 Å². The summed E-state index contributed by atoms with van der Waals surface area (Å²) in [6.07, 6.45) is 3.34. The molecule has 0 saturated carbocycles. The third-order valence-electron chi connectivity index (χ3n) is 3.66. The van der Waals surface area contributed by atoms with Gasteiger partial charge < -0.3 is 10.1 Å². The van der Waals surface area contributed by atoms with Crippen LogP contribution < -0.4 is 5.32 Å². The molecule has 0 spiro atoms. The van der Waals surface area contributed by atoms with Crippen LogP contribution in [0.15, 0.2) is 30.3 Å². The molecule has 2 aromatic rings. The lowest BCUT2D eigenvalue weighted by Crippen LogP contribution is -2.20. The lowest BCUT2D eigenvalue weighted by Gasteiger charge is -2.08. The Morgan fingerprint density at radius 2 is 2.00 bits per heavy atom. The molecule has 1 aromatic carbocycles. The van der Waals surface area contributed by atoms with E-state index in [-0.39, 0.29) is 12.5 Å². The summed E-state index contributed by atoms with van der Waals surface area (Å²) in [5.41, 5.74) is 3.41. The summed E-state index contributed by atoms with van der Waals surface area (Å²) < 4.78 is 5.03. The number of hydrogen-bond donors (Lipinski definition) is 1. The van der Waals surface area contributed by atoms with Crippen molar-refractivity contribution in [1.82, 2.24) is 0 Å². The van der Waals surface area contributed by atoms with E-state index in [9.17, 15) is 9.59 Å². The maximum Gasteiger partial charge on any atom is 0.348 e. The number of thiophene rings is 1. The second kappa shape index (κ2) is 6.32. The predicted molar refractivity (Wildman–Crippen MR) is 86.4 cm³/mol. The van der Waals surface area contributed by atoms with E-state index in [1.54, 1.807) is 6.07 Å². The van der Waals surface area contributed by atoms with E-state index in [1.165, 1.54) is 28.9 Å². The number of carbonyl (C=O) groups is 2. The van der Waals surface area contributed by atoms with Crippen LogP contribution in [0.25, 0.3) is 0 Å². The van der Waals surface area contributed by atoms with Gasteiger partial charge in [-0.3, -0.25) is 4.79 Å². The number of esters is 1. The van der Waals surface area contributed by atoms with Crippen LogP contribution in [-0.4, -0.2) is 18.5 Å². The summed E-state index contributed by atoms with van der Waals surface area (Å²) in [7, 11) is 0. The largest absolute Gasteiger partial charge is 0.451 e. The predicted octanol–water partition coefficient (Wildman–Crippen LogP) is 3.34. The van der Waals surface area contributed by atoms with Gasteiger partial charge in [-0.25, -0.2) is 4.79 Å². The van der Waals surface area contributed by atoms with Gasteiger partial charge in [0.2, 0.25) is 0 Å². The number of nitrogens with one attached hydrogen (secondary N) is 1. The van der Waals surface area contributed by atoms with Crippen molar-refractivity contribution in [1.29, 1.82) is 0 Å². The molecule has 0 aliphatic heterocycles. The van der Waals surface area contributed by atoms with Gasteiger partial charge in [0, 0.05) is 10.6 Å². The van der Waals surface area contributed by atoms with Gasteiger partial charge >= 0.3 is 5.97 Å². The van der Waals surface area contributed by atoms with Crippen molar-refractivity contribution < 1.29 is 14.3 Å². The number of amides is 1. The molecule has 4 nitrogen and oxygen atoms in total. The van der Waals surface area contributed by atoms with Crippen molar-refractivity contribution in [2.24, 2.45) is 0 Å². The third kappa shape index (κ3) is 3.36. The lowest BCUT2D eigenvalue weighted by atomic mass is 10.1. The Bertz CT molecular complexity index is 720. The normalized spacial score (nSPS) is 12.8. The average Bonchev–Trinajstić information content (AvgIpc) is 3.13. The number of aryl methyl sites for hydroxylation is 3. The van der Waals surface area contributed by atoms with Crippen molar-refractivity contribution >= 4 is 28.9 Å². The van der Waals surface area contributed by atoms with Crippen LogP contribution >= 0.6 is 11.3 Å². The van der Waals surface area contributed by atoms with Crippen LogP contribution in [0.4, 0.5) is 5.69 Å². The first-order valence-electron chi connectivity index (χ1n) is 7.27. The van der Waals surface area contributed by atoms with Gasteiger partial charge in [0.1, 0.15) is 4.88 Å². The molecular formula is C17H17NO3S. The fraction of sp³-hybridized carbons (Fsp3) is 0.294. The van der Waals surface area contributed by atoms with E-state index < -0.39 is 5.97 Å². The zero-order chi connectivity index (χ0) is 15.5. The van der Waals surface area contributed by atoms with Crippen molar-refractivity contribution in [3.63, 3.8) is 0 Å². The number of fused-ring (bicyclic) bond motifs is 1. The van der Waals surface area contributed by atoms with Crippen molar-refractivity contribution in [2.45, 2.75) is 26.2 Å². The Hall–Kier alpha value is -2.14. The summed E-state index contributed by atoms with van der Waals surface area (Å²) in [5, 5.41) is 2.77. The first-order valence-corrected chi connectivity index (χ1v) is 8.09. The molecular weight excluding hydrogens is 298 g/mol. The molecule has 0 atom stereocenters. The van der Waals surface area contributed by atoms with Crippen LogP contribution in [0.3, 0.4) is 0 Å². The Morgan fingerprint density at radius 1 is 1.18 bits per heavy atom. The minimum atomic E-state index is -0.456. The molecule has 3 rings (SSSR count). The molecule has 1 aromatic heterocycles. The van der Waals surface area contributed by atoms with Gasteiger partial charge in [-0.1, -0.05) is 6.07 Å². The molecule has 114 valence electrons. The zero-order valence-electron chi connectivity index (χ0n) is 12.3. The van der Waals surface area contributed by atoms with Crippen molar-refractivity contribution in [3.8, 4) is 0 Å². The van der Waals surface area contributed by atoms with E-state index in [1.807, 2.05) is 25.1 Å². The summed E-state index contributed by atoms with van der Waals surface area (Å²) in [6, 6.07) is 9.52. The Labute approximate surface area is 133 Å². The molecule has 1 amide bonds. The number of hydrogen-bond acceptors (Lipinski definition) is 4. The van der Waals surface area contributed by atoms with Crippen LogP contribution in [0.5, 0.6) is 0 Å². The highest BCUT2D eigenvalue weighted by molar-refractivity contribution is 7.13. The molecule has 1 aliphatic rings. The van der Waals surface area contributed by atoms with Gasteiger partial charge in [0.25, 0.3) is 5.91 Å². The number of benzene rings is 1. The minimum Gasteiger partial charge on any atom is -0.451 e. The van der Waals surface area contributed by atoms with E-state index in [0.29, 0.717) is 4.88 Å². The first-order chi connectivity index (χ1) is 10.6. The summed E-state index contributed by atoms with van der Waals surface area (Å²) in [4.78, 5) is 25.2. The van der Waals surface area contributed by atoms with Crippen LogP contribution in [0.2, 0.25) is 0 Å². The third-order valence-corrected chi connectivity index (χ3v) is 4.64. The highest BCUT2D eigenvalue weighted by Crippen LogP contribution is 2.24. The number of ether oxygens (including phenoxy) is 1. The average molecular weight is 315 g/mol. The van der Waals surface area contributed by atoms with E-state index in [4.69, 9.17) is 4.74 Å². The quantitative estimate of drug-likeness (QED) is 0.880. The van der Waals surface area contributed by atoms with Gasteiger partial charge in [-0.2, -0.15) is 0 Å². The molecule has 5 heteroatoms. The SMILES string of the molecule is Cc1ccc(C(=O)OCC(=O)Nc2ccc3c(c2)CCC3)s1. The minimum absolute atomic E-state index is 0.271. The molecule has 0 bridgehead atoms. The number of carbonyl (C=O) groups excluding carboxylic acids is 2. The number of rotatable bonds is 4. The maximum atomic E-state index is 11.9. The summed E-state index contributed by atoms with van der Waals surface area (Å²) >= 11 is 1.36. The van der Waals surface area contributed by atoms with Gasteiger partial charge in [0.15, 0.2) is 6.61 Å². The fourth-order valence-corrected chi connectivity index (χ4v) is 3.35. The summed E-state index contributed by atoms with van der Waals surface area (Å²) in [6.45, 7) is 1.65. The molecule has 22 heavy (non-hydrogen) atoms. The topological polar surface area (TPSA) is 55.4 Å². The summed E-state index contributed by atoms with van der Waals surface area (Å²) in [5.74, 6) is -0.776. The Balaban J connectivity index is 1.53. The standard InChI is InChI=1S/C17H17NO3S/c1-11-5-8-15(22-11)17(20)21-10-16(19)18-14-7-6-12-3-2-4-13(12)9-14/h5-9H,2-4,10H2,1H3,(H,18,19). The highest BCUT2D eigenvalue weighted by Gasteiger charge is 2.14. The molecule has 0 saturated heterocycles. The second-order valence-corrected chi connectivity index (χ2v) is 6.66. The first kappa shape index (κ1) is 14.8. The molecule has 1 N–H and O–H groups in total. The zero-order valence-corrected chi connectivity index (χ0v) is 13.2. The van der Waals surface area contributed by atoms with Crippen molar-refractivity contribution in [2.75, 3.05) is 11.9 Å². The Morgan fingerprint density at radius 3 is 2.77 bits per heavy atom. The van der Waals surface area contributed by atoms with E-state index in [0.717, 1.165) is 23.4 Å².